The minimum Gasteiger partial charge on any atom is -0.481 e. The van der Waals surface area contributed by atoms with Gasteiger partial charge in [-0.05, 0) is 19.8 Å². The van der Waals surface area contributed by atoms with E-state index in [9.17, 15) is 9.59 Å². The van der Waals surface area contributed by atoms with Gasteiger partial charge in [0.2, 0.25) is 5.91 Å². The number of carbonyl (C=O) groups excluding carboxylic acids is 1. The van der Waals surface area contributed by atoms with Crippen molar-refractivity contribution in [1.82, 2.24) is 5.32 Å². The van der Waals surface area contributed by atoms with Crippen molar-refractivity contribution in [3.05, 3.63) is 12.2 Å². The molecule has 4 heteroatoms. The highest BCUT2D eigenvalue weighted by molar-refractivity contribution is 5.85. The zero-order valence-corrected chi connectivity index (χ0v) is 8.19. The molecule has 0 fully saturated rings. The van der Waals surface area contributed by atoms with Gasteiger partial charge in [0.05, 0.1) is 11.8 Å². The van der Waals surface area contributed by atoms with Crippen molar-refractivity contribution in [2.45, 2.75) is 19.8 Å². The van der Waals surface area contributed by atoms with Gasteiger partial charge >= 0.3 is 5.97 Å². The minimum absolute atomic E-state index is 0.149. The average molecular weight is 197 g/mol. The van der Waals surface area contributed by atoms with Gasteiger partial charge in [0.1, 0.15) is 0 Å². The molecular formula is C10H15NO3. The first-order valence-electron chi connectivity index (χ1n) is 4.82. The van der Waals surface area contributed by atoms with Crippen LogP contribution in [0.2, 0.25) is 0 Å². The largest absolute Gasteiger partial charge is 0.481 e. The predicted octanol–water partition coefficient (Wildman–Crippen LogP) is 0.790. The molecule has 0 aliphatic heterocycles. The number of carboxylic acids is 1. The Labute approximate surface area is 83.0 Å². The third-order valence-corrected chi connectivity index (χ3v) is 2.44. The Morgan fingerprint density at radius 1 is 1.36 bits per heavy atom. The topological polar surface area (TPSA) is 66.4 Å². The van der Waals surface area contributed by atoms with E-state index in [2.05, 4.69) is 5.32 Å². The van der Waals surface area contributed by atoms with Crippen LogP contribution in [0.3, 0.4) is 0 Å². The van der Waals surface area contributed by atoms with Crippen molar-refractivity contribution >= 4 is 11.9 Å². The molecule has 0 saturated carbocycles. The first-order chi connectivity index (χ1) is 6.66. The molecule has 78 valence electrons. The van der Waals surface area contributed by atoms with Crippen LogP contribution < -0.4 is 5.32 Å². The molecular weight excluding hydrogens is 182 g/mol. The summed E-state index contributed by atoms with van der Waals surface area (Å²) in [5, 5.41) is 11.6. The molecule has 0 aromatic heterocycles. The Hall–Kier alpha value is -1.32. The fourth-order valence-electron chi connectivity index (χ4n) is 1.68. The van der Waals surface area contributed by atoms with Gasteiger partial charge in [-0.15, -0.1) is 0 Å². The lowest BCUT2D eigenvalue weighted by Crippen LogP contribution is -2.38. The lowest BCUT2D eigenvalue weighted by molar-refractivity contribution is -0.147. The molecule has 4 nitrogen and oxygen atoms in total. The van der Waals surface area contributed by atoms with Crippen molar-refractivity contribution in [1.29, 1.82) is 0 Å². The summed E-state index contributed by atoms with van der Waals surface area (Å²) in [5.74, 6) is -2.00. The normalized spacial score (nSPS) is 25.8. The Balaban J connectivity index is 2.69. The van der Waals surface area contributed by atoms with Crippen LogP contribution >= 0.6 is 0 Å². The maximum Gasteiger partial charge on any atom is 0.307 e. The van der Waals surface area contributed by atoms with E-state index in [1.54, 1.807) is 0 Å². The quantitative estimate of drug-likeness (QED) is 0.657. The van der Waals surface area contributed by atoms with Crippen molar-refractivity contribution in [3.63, 3.8) is 0 Å². The lowest BCUT2D eigenvalue weighted by atomic mass is 9.82. The molecule has 0 aromatic rings. The summed E-state index contributed by atoms with van der Waals surface area (Å²) in [6.07, 6.45) is 4.69. The number of carboxylic acid groups (broad SMARTS) is 1. The lowest BCUT2D eigenvalue weighted by Gasteiger charge is -2.23. The second-order valence-electron chi connectivity index (χ2n) is 3.39. The van der Waals surface area contributed by atoms with Crippen LogP contribution in [-0.2, 0) is 9.59 Å². The fraction of sp³-hybridized carbons (Fsp3) is 0.600. The Kier molecular flexibility index (Phi) is 3.68. The number of hydrogen-bond acceptors (Lipinski definition) is 2. The molecule has 14 heavy (non-hydrogen) atoms. The number of allylic oxidation sites excluding steroid dienone is 2. The van der Waals surface area contributed by atoms with Crippen LogP contribution in [0.15, 0.2) is 12.2 Å². The molecule has 1 aliphatic rings. The summed E-state index contributed by atoms with van der Waals surface area (Å²) in [5.41, 5.74) is 0. The second kappa shape index (κ2) is 4.79. The van der Waals surface area contributed by atoms with Crippen LogP contribution in [0.25, 0.3) is 0 Å². The number of rotatable bonds is 3. The van der Waals surface area contributed by atoms with Crippen molar-refractivity contribution < 1.29 is 14.7 Å². The number of carbonyl (C=O) groups is 2. The van der Waals surface area contributed by atoms with E-state index in [4.69, 9.17) is 5.11 Å². The van der Waals surface area contributed by atoms with Crippen LogP contribution in [0, 0.1) is 11.8 Å². The molecule has 1 amide bonds. The third-order valence-electron chi connectivity index (χ3n) is 2.44. The van der Waals surface area contributed by atoms with E-state index < -0.39 is 17.8 Å². The summed E-state index contributed by atoms with van der Waals surface area (Å²) in [6, 6.07) is 0. The molecule has 1 aliphatic carbocycles. The summed E-state index contributed by atoms with van der Waals surface area (Å²) in [7, 11) is 0. The molecule has 0 unspecified atom stereocenters. The highest BCUT2D eigenvalue weighted by atomic mass is 16.4. The molecule has 1 rings (SSSR count). The van der Waals surface area contributed by atoms with E-state index >= 15 is 0 Å². The number of hydrogen-bond donors (Lipinski definition) is 2. The Morgan fingerprint density at radius 3 is 2.43 bits per heavy atom. The standard InChI is InChI=1S/C10H15NO3/c1-2-11-9(12)7-5-3-4-6-8(7)10(13)14/h3-4,7-8H,2,5-6H2,1H3,(H,11,12)(H,13,14)/t7-,8+/m0/s1. The predicted molar refractivity (Wildman–Crippen MR) is 51.7 cm³/mol. The van der Waals surface area contributed by atoms with Crippen LogP contribution in [0.4, 0.5) is 0 Å². The SMILES string of the molecule is CCNC(=O)[C@H]1CC=CC[C@H]1C(=O)O. The molecule has 0 heterocycles. The fourth-order valence-corrected chi connectivity index (χ4v) is 1.68. The summed E-state index contributed by atoms with van der Waals surface area (Å²) < 4.78 is 0. The monoisotopic (exact) mass is 197 g/mol. The van der Waals surface area contributed by atoms with Crippen molar-refractivity contribution in [2.24, 2.45) is 11.8 Å². The Morgan fingerprint density at radius 2 is 1.93 bits per heavy atom. The number of amides is 1. The van der Waals surface area contributed by atoms with Gasteiger partial charge < -0.3 is 10.4 Å². The molecule has 0 bridgehead atoms. The minimum atomic E-state index is -0.884. The van der Waals surface area contributed by atoms with E-state index in [0.29, 0.717) is 19.4 Å². The second-order valence-corrected chi connectivity index (χ2v) is 3.39. The van der Waals surface area contributed by atoms with Crippen LogP contribution in [0.5, 0.6) is 0 Å². The van der Waals surface area contributed by atoms with E-state index in [0.717, 1.165) is 0 Å². The smallest absolute Gasteiger partial charge is 0.307 e. The molecule has 0 aromatic carbocycles. The first kappa shape index (κ1) is 10.8. The molecule has 2 N–H and O–H groups in total. The molecule has 2 atom stereocenters. The summed E-state index contributed by atoms with van der Waals surface area (Å²) in [6.45, 7) is 2.37. The first-order valence-corrected chi connectivity index (χ1v) is 4.82. The van der Waals surface area contributed by atoms with Gasteiger partial charge in [0.25, 0.3) is 0 Å². The molecule has 0 saturated heterocycles. The van der Waals surface area contributed by atoms with Crippen molar-refractivity contribution in [2.75, 3.05) is 6.54 Å². The maximum absolute atomic E-state index is 11.5. The van der Waals surface area contributed by atoms with E-state index in [1.165, 1.54) is 0 Å². The zero-order valence-electron chi connectivity index (χ0n) is 8.19. The highest BCUT2D eigenvalue weighted by Crippen LogP contribution is 2.25. The number of nitrogens with one attached hydrogen (secondary N) is 1. The molecule has 0 radical (unpaired) electrons. The van der Waals surface area contributed by atoms with Crippen LogP contribution in [0.1, 0.15) is 19.8 Å². The highest BCUT2D eigenvalue weighted by Gasteiger charge is 2.33. The van der Waals surface area contributed by atoms with Gasteiger partial charge in [-0.25, -0.2) is 0 Å². The van der Waals surface area contributed by atoms with E-state index in [1.807, 2.05) is 19.1 Å². The number of aliphatic carboxylic acids is 1. The van der Waals surface area contributed by atoms with Crippen LogP contribution in [-0.4, -0.2) is 23.5 Å². The zero-order chi connectivity index (χ0) is 10.6. The van der Waals surface area contributed by atoms with E-state index in [-0.39, 0.29) is 5.91 Å². The third kappa shape index (κ3) is 2.34. The Bertz CT molecular complexity index is 260. The van der Waals surface area contributed by atoms with Gasteiger partial charge in [0, 0.05) is 6.54 Å². The maximum atomic E-state index is 11.5. The molecule has 0 spiro atoms. The van der Waals surface area contributed by atoms with Gasteiger partial charge in [-0.2, -0.15) is 0 Å². The summed E-state index contributed by atoms with van der Waals surface area (Å²) >= 11 is 0. The average Bonchev–Trinajstić information content (AvgIpc) is 2.18. The van der Waals surface area contributed by atoms with Gasteiger partial charge in [-0.1, -0.05) is 12.2 Å². The van der Waals surface area contributed by atoms with Gasteiger partial charge in [0.15, 0.2) is 0 Å². The van der Waals surface area contributed by atoms with Crippen molar-refractivity contribution in [3.8, 4) is 0 Å². The summed E-state index contributed by atoms with van der Waals surface area (Å²) in [4.78, 5) is 22.4. The van der Waals surface area contributed by atoms with Gasteiger partial charge in [-0.3, -0.25) is 9.59 Å².